The summed E-state index contributed by atoms with van der Waals surface area (Å²) in [6.45, 7) is 8.67. The van der Waals surface area contributed by atoms with Gasteiger partial charge in [0, 0.05) is 6.04 Å². The van der Waals surface area contributed by atoms with Gasteiger partial charge in [-0.3, -0.25) is 10.1 Å². The summed E-state index contributed by atoms with van der Waals surface area (Å²) in [6, 6.07) is 0.547. The van der Waals surface area contributed by atoms with Gasteiger partial charge in [-0.15, -0.1) is 0 Å². The second kappa shape index (κ2) is 4.97. The van der Waals surface area contributed by atoms with E-state index in [1.165, 1.54) is 19.3 Å². The molecular formula is C14H26N2O. The zero-order chi connectivity index (χ0) is 12.6. The predicted octanol–water partition coefficient (Wildman–Crippen LogP) is 2.37. The van der Waals surface area contributed by atoms with Gasteiger partial charge in [0.05, 0.1) is 12.2 Å². The van der Waals surface area contributed by atoms with E-state index >= 15 is 0 Å². The van der Waals surface area contributed by atoms with Crippen LogP contribution in [0, 0.1) is 11.8 Å². The lowest BCUT2D eigenvalue weighted by Crippen LogP contribution is -2.40. The third kappa shape index (κ3) is 2.65. The quantitative estimate of drug-likeness (QED) is 0.797. The molecule has 17 heavy (non-hydrogen) atoms. The fourth-order valence-electron chi connectivity index (χ4n) is 3.09. The number of carbonyl (C=O) groups is 1. The van der Waals surface area contributed by atoms with Crippen LogP contribution in [0.5, 0.6) is 0 Å². The third-order valence-corrected chi connectivity index (χ3v) is 4.00. The van der Waals surface area contributed by atoms with Crippen LogP contribution in [0.25, 0.3) is 0 Å². The predicted molar refractivity (Wildman–Crippen MR) is 69.5 cm³/mol. The molecule has 2 fully saturated rings. The molecule has 1 saturated carbocycles. The molecule has 4 unspecified atom stereocenters. The summed E-state index contributed by atoms with van der Waals surface area (Å²) in [5.74, 6) is 1.72. The van der Waals surface area contributed by atoms with Gasteiger partial charge in [-0.25, -0.2) is 0 Å². The van der Waals surface area contributed by atoms with E-state index < -0.39 is 0 Å². The number of carbonyl (C=O) groups excluding carboxylic acids is 1. The Hall–Kier alpha value is -0.570. The van der Waals surface area contributed by atoms with E-state index in [0.717, 1.165) is 12.3 Å². The smallest absolute Gasteiger partial charge is 0.240 e. The Labute approximate surface area is 105 Å². The van der Waals surface area contributed by atoms with Gasteiger partial charge >= 0.3 is 0 Å². The zero-order valence-corrected chi connectivity index (χ0v) is 11.6. The van der Waals surface area contributed by atoms with Gasteiger partial charge < -0.3 is 4.90 Å². The molecule has 0 aromatic heterocycles. The maximum absolute atomic E-state index is 12.2. The summed E-state index contributed by atoms with van der Waals surface area (Å²) in [5.41, 5.74) is 0. The van der Waals surface area contributed by atoms with Gasteiger partial charge in [-0.05, 0) is 38.0 Å². The largest absolute Gasteiger partial charge is 0.323 e. The van der Waals surface area contributed by atoms with E-state index in [4.69, 9.17) is 0 Å². The van der Waals surface area contributed by atoms with Crippen molar-refractivity contribution in [3.8, 4) is 0 Å². The number of hydrogen-bond donors (Lipinski definition) is 1. The zero-order valence-electron chi connectivity index (χ0n) is 11.6. The van der Waals surface area contributed by atoms with Gasteiger partial charge in [-0.1, -0.05) is 27.2 Å². The molecule has 1 N–H and O–H groups in total. The Morgan fingerprint density at radius 2 is 2.18 bits per heavy atom. The topological polar surface area (TPSA) is 32.3 Å². The van der Waals surface area contributed by atoms with E-state index in [2.05, 4.69) is 31.0 Å². The van der Waals surface area contributed by atoms with Crippen LogP contribution >= 0.6 is 0 Å². The standard InChI is InChI=1S/C14H26N2O/c1-5-6-11-8-12(11)16-13(7-9(2)3)15-10(4)14(16)17/h9-13,15H,5-8H2,1-4H3. The first-order chi connectivity index (χ1) is 8.04. The van der Waals surface area contributed by atoms with Crippen LogP contribution in [0.1, 0.15) is 53.4 Å². The van der Waals surface area contributed by atoms with Crippen molar-refractivity contribution in [1.82, 2.24) is 10.2 Å². The van der Waals surface area contributed by atoms with Crippen molar-refractivity contribution in [2.45, 2.75) is 71.6 Å². The lowest BCUT2D eigenvalue weighted by atomic mass is 10.1. The Kier molecular flexibility index (Phi) is 3.76. The number of nitrogens with zero attached hydrogens (tertiary/aromatic N) is 1. The van der Waals surface area contributed by atoms with Gasteiger partial charge in [0.2, 0.25) is 5.91 Å². The van der Waals surface area contributed by atoms with Crippen LogP contribution in [0.15, 0.2) is 0 Å². The normalized spacial score (nSPS) is 37.0. The van der Waals surface area contributed by atoms with Crippen LogP contribution in [-0.2, 0) is 4.79 Å². The fraction of sp³-hybridized carbons (Fsp3) is 0.929. The number of nitrogens with one attached hydrogen (secondary N) is 1. The van der Waals surface area contributed by atoms with Gasteiger partial charge in [0.1, 0.15) is 0 Å². The maximum atomic E-state index is 12.2. The van der Waals surface area contributed by atoms with Crippen LogP contribution in [0.3, 0.4) is 0 Å². The van der Waals surface area contributed by atoms with Crippen molar-refractivity contribution in [3.05, 3.63) is 0 Å². The van der Waals surface area contributed by atoms with Gasteiger partial charge in [0.15, 0.2) is 0 Å². The fourth-order valence-corrected chi connectivity index (χ4v) is 3.09. The molecule has 98 valence electrons. The molecule has 0 radical (unpaired) electrons. The minimum absolute atomic E-state index is 0.0154. The second-order valence-corrected chi connectivity index (χ2v) is 6.13. The Morgan fingerprint density at radius 3 is 2.76 bits per heavy atom. The summed E-state index contributed by atoms with van der Waals surface area (Å²) in [6.07, 6.45) is 5.09. The van der Waals surface area contributed by atoms with E-state index in [-0.39, 0.29) is 12.2 Å². The maximum Gasteiger partial charge on any atom is 0.240 e. The van der Waals surface area contributed by atoms with E-state index in [1.54, 1.807) is 0 Å². The average molecular weight is 238 g/mol. The molecule has 4 atom stereocenters. The SMILES string of the molecule is CCCC1CC1N1C(=O)C(C)NC1CC(C)C. The Bertz CT molecular complexity index is 290. The van der Waals surface area contributed by atoms with E-state index in [9.17, 15) is 4.79 Å². The Balaban J connectivity index is 1.99. The lowest BCUT2D eigenvalue weighted by molar-refractivity contribution is -0.130. The van der Waals surface area contributed by atoms with Crippen LogP contribution in [-0.4, -0.2) is 29.1 Å². The molecule has 1 saturated heterocycles. The Morgan fingerprint density at radius 1 is 1.47 bits per heavy atom. The van der Waals surface area contributed by atoms with Gasteiger partial charge in [0.25, 0.3) is 0 Å². The average Bonchev–Trinajstić information content (AvgIpc) is 2.91. The number of amides is 1. The van der Waals surface area contributed by atoms with Crippen molar-refractivity contribution >= 4 is 5.91 Å². The van der Waals surface area contributed by atoms with Crippen LogP contribution < -0.4 is 5.32 Å². The second-order valence-electron chi connectivity index (χ2n) is 6.13. The van der Waals surface area contributed by atoms with Crippen molar-refractivity contribution in [2.75, 3.05) is 0 Å². The third-order valence-electron chi connectivity index (χ3n) is 4.00. The van der Waals surface area contributed by atoms with Crippen molar-refractivity contribution in [3.63, 3.8) is 0 Å². The van der Waals surface area contributed by atoms with Crippen LogP contribution in [0.2, 0.25) is 0 Å². The van der Waals surface area contributed by atoms with E-state index in [1.807, 2.05) is 6.92 Å². The number of rotatable bonds is 5. The van der Waals surface area contributed by atoms with Crippen molar-refractivity contribution < 1.29 is 4.79 Å². The highest BCUT2D eigenvalue weighted by molar-refractivity contribution is 5.84. The lowest BCUT2D eigenvalue weighted by Gasteiger charge is -2.26. The molecule has 0 spiro atoms. The van der Waals surface area contributed by atoms with Gasteiger partial charge in [-0.2, -0.15) is 0 Å². The molecule has 2 aliphatic rings. The summed E-state index contributed by atoms with van der Waals surface area (Å²) in [5, 5.41) is 3.45. The molecular weight excluding hydrogens is 212 g/mol. The molecule has 3 nitrogen and oxygen atoms in total. The van der Waals surface area contributed by atoms with Crippen LogP contribution in [0.4, 0.5) is 0 Å². The highest BCUT2D eigenvalue weighted by Crippen LogP contribution is 2.42. The molecule has 2 rings (SSSR count). The summed E-state index contributed by atoms with van der Waals surface area (Å²) < 4.78 is 0. The minimum Gasteiger partial charge on any atom is -0.323 e. The monoisotopic (exact) mass is 238 g/mol. The van der Waals surface area contributed by atoms with Crippen molar-refractivity contribution in [1.29, 1.82) is 0 Å². The minimum atomic E-state index is 0.0154. The molecule has 1 aliphatic carbocycles. The molecule has 1 aliphatic heterocycles. The first-order valence-corrected chi connectivity index (χ1v) is 7.12. The highest BCUT2D eigenvalue weighted by atomic mass is 16.2. The molecule has 3 heteroatoms. The molecule has 0 aromatic rings. The summed E-state index contributed by atoms with van der Waals surface area (Å²) in [4.78, 5) is 14.3. The summed E-state index contributed by atoms with van der Waals surface area (Å²) >= 11 is 0. The molecule has 0 bridgehead atoms. The van der Waals surface area contributed by atoms with E-state index in [0.29, 0.717) is 17.9 Å². The highest BCUT2D eigenvalue weighted by Gasteiger charge is 2.49. The molecule has 1 heterocycles. The number of hydrogen-bond acceptors (Lipinski definition) is 2. The first kappa shape index (κ1) is 12.9. The van der Waals surface area contributed by atoms with Crippen molar-refractivity contribution in [2.24, 2.45) is 11.8 Å². The first-order valence-electron chi connectivity index (χ1n) is 7.12. The molecule has 0 aromatic carbocycles. The molecule has 1 amide bonds. The summed E-state index contributed by atoms with van der Waals surface area (Å²) in [7, 11) is 0.